The van der Waals surface area contributed by atoms with Crippen LogP contribution in [-0.4, -0.2) is 48.8 Å². The number of nitrogens with zero attached hydrogens (tertiary/aromatic N) is 2. The summed E-state index contributed by atoms with van der Waals surface area (Å²) in [4.78, 5) is 11.8. The first-order valence-corrected chi connectivity index (χ1v) is 9.80. The first-order valence-electron chi connectivity index (χ1n) is 7.98. The molecule has 0 spiro atoms. The van der Waals surface area contributed by atoms with E-state index in [2.05, 4.69) is 22.7 Å². The largest absolute Gasteiger partial charge is 0.338 e. The van der Waals surface area contributed by atoms with Crippen molar-refractivity contribution in [2.24, 2.45) is 11.8 Å². The molecule has 0 bridgehead atoms. The summed E-state index contributed by atoms with van der Waals surface area (Å²) in [6, 6.07) is 1.79. The molecule has 2 atom stereocenters. The van der Waals surface area contributed by atoms with E-state index < -0.39 is 9.84 Å². The third-order valence-corrected chi connectivity index (χ3v) is 5.91. The number of nitrogens with one attached hydrogen (secondary N) is 2. The second-order valence-corrected chi connectivity index (χ2v) is 8.80. The number of carbonyl (C=O) groups excluding carboxylic acids is 1. The zero-order chi connectivity index (χ0) is 17.0. The SMILES string of the molecule is Cc1cc(C)n(C[C@@H](C)CNC(=O)NC[C@H]2CCS(=O)(=O)C2)n1. The molecular weight excluding hydrogens is 316 g/mol. The van der Waals surface area contributed by atoms with Gasteiger partial charge in [0, 0.05) is 25.3 Å². The van der Waals surface area contributed by atoms with E-state index in [-0.39, 0.29) is 29.4 Å². The van der Waals surface area contributed by atoms with Crippen molar-refractivity contribution in [3.63, 3.8) is 0 Å². The minimum Gasteiger partial charge on any atom is -0.338 e. The second-order valence-electron chi connectivity index (χ2n) is 6.57. The van der Waals surface area contributed by atoms with Crippen molar-refractivity contribution in [2.75, 3.05) is 24.6 Å². The lowest BCUT2D eigenvalue weighted by Gasteiger charge is -2.15. The average molecular weight is 342 g/mol. The summed E-state index contributed by atoms with van der Waals surface area (Å²) < 4.78 is 24.7. The molecule has 2 N–H and O–H groups in total. The predicted octanol–water partition coefficient (Wildman–Crippen LogP) is 0.870. The van der Waals surface area contributed by atoms with Crippen molar-refractivity contribution in [3.05, 3.63) is 17.5 Å². The molecule has 7 nitrogen and oxygen atoms in total. The topological polar surface area (TPSA) is 93.1 Å². The van der Waals surface area contributed by atoms with Gasteiger partial charge in [0.15, 0.2) is 9.84 Å². The maximum atomic E-state index is 11.8. The zero-order valence-electron chi connectivity index (χ0n) is 14.0. The molecule has 8 heteroatoms. The number of sulfone groups is 1. The molecular formula is C15H26N4O3S. The smallest absolute Gasteiger partial charge is 0.314 e. The van der Waals surface area contributed by atoms with E-state index >= 15 is 0 Å². The van der Waals surface area contributed by atoms with E-state index in [4.69, 9.17) is 0 Å². The first kappa shape index (κ1) is 17.8. The average Bonchev–Trinajstić information content (AvgIpc) is 2.96. The maximum Gasteiger partial charge on any atom is 0.314 e. The van der Waals surface area contributed by atoms with Crippen molar-refractivity contribution in [1.82, 2.24) is 20.4 Å². The third kappa shape index (κ3) is 5.53. The van der Waals surface area contributed by atoms with Gasteiger partial charge in [-0.15, -0.1) is 0 Å². The van der Waals surface area contributed by atoms with Crippen LogP contribution in [0.1, 0.15) is 24.7 Å². The molecule has 1 aliphatic rings. The lowest BCUT2D eigenvalue weighted by molar-refractivity contribution is 0.237. The molecule has 0 unspecified atom stereocenters. The Bertz CT molecular complexity index is 654. The fourth-order valence-corrected chi connectivity index (χ4v) is 4.68. The number of carbonyl (C=O) groups is 1. The number of hydrogen-bond acceptors (Lipinski definition) is 4. The Morgan fingerprint density at radius 3 is 2.74 bits per heavy atom. The van der Waals surface area contributed by atoms with Crippen molar-refractivity contribution >= 4 is 15.9 Å². The van der Waals surface area contributed by atoms with Gasteiger partial charge < -0.3 is 10.6 Å². The van der Waals surface area contributed by atoms with Crippen molar-refractivity contribution < 1.29 is 13.2 Å². The maximum absolute atomic E-state index is 11.8. The van der Waals surface area contributed by atoms with E-state index in [1.165, 1.54) is 0 Å². The molecule has 2 heterocycles. The third-order valence-electron chi connectivity index (χ3n) is 4.08. The monoisotopic (exact) mass is 342 g/mol. The van der Waals surface area contributed by atoms with Gasteiger partial charge in [-0.3, -0.25) is 4.68 Å². The van der Waals surface area contributed by atoms with Gasteiger partial charge in [-0.1, -0.05) is 6.92 Å². The van der Waals surface area contributed by atoms with Crippen LogP contribution in [0.25, 0.3) is 0 Å². The molecule has 0 aromatic carbocycles. The molecule has 23 heavy (non-hydrogen) atoms. The van der Waals surface area contributed by atoms with E-state index in [0.717, 1.165) is 17.9 Å². The Kier molecular flexibility index (Phi) is 5.67. The molecule has 1 aromatic heterocycles. The lowest BCUT2D eigenvalue weighted by Crippen LogP contribution is -2.40. The number of hydrogen-bond donors (Lipinski definition) is 2. The van der Waals surface area contributed by atoms with E-state index in [9.17, 15) is 13.2 Å². The minimum absolute atomic E-state index is 0.0397. The van der Waals surface area contributed by atoms with Gasteiger partial charge in [-0.25, -0.2) is 13.2 Å². The van der Waals surface area contributed by atoms with E-state index in [0.29, 0.717) is 19.5 Å². The molecule has 1 fully saturated rings. The van der Waals surface area contributed by atoms with Gasteiger partial charge in [-0.2, -0.15) is 5.10 Å². The Hall–Kier alpha value is -1.57. The minimum atomic E-state index is -2.89. The molecule has 2 rings (SSSR count). The normalized spacial score (nSPS) is 21.1. The molecule has 1 saturated heterocycles. The van der Waals surface area contributed by atoms with Crippen molar-refractivity contribution in [2.45, 2.75) is 33.7 Å². The van der Waals surface area contributed by atoms with Gasteiger partial charge in [0.25, 0.3) is 0 Å². The summed E-state index contributed by atoms with van der Waals surface area (Å²) >= 11 is 0. The van der Waals surface area contributed by atoms with Gasteiger partial charge in [0.1, 0.15) is 0 Å². The van der Waals surface area contributed by atoms with Crippen LogP contribution in [0.4, 0.5) is 4.79 Å². The van der Waals surface area contributed by atoms with Crippen LogP contribution in [0.3, 0.4) is 0 Å². The van der Waals surface area contributed by atoms with Gasteiger partial charge in [0.05, 0.1) is 17.2 Å². The van der Waals surface area contributed by atoms with Crippen molar-refractivity contribution in [3.8, 4) is 0 Å². The number of urea groups is 1. The second kappa shape index (κ2) is 7.33. The summed E-state index contributed by atoms with van der Waals surface area (Å²) in [6.45, 7) is 7.75. The van der Waals surface area contributed by atoms with E-state index in [1.54, 1.807) is 0 Å². The highest BCUT2D eigenvalue weighted by atomic mass is 32.2. The summed E-state index contributed by atoms with van der Waals surface area (Å²) in [5.74, 6) is 0.714. The molecule has 1 aliphatic heterocycles. The Morgan fingerprint density at radius 2 is 2.17 bits per heavy atom. The first-order chi connectivity index (χ1) is 10.7. The molecule has 0 aliphatic carbocycles. The fourth-order valence-electron chi connectivity index (χ4n) is 2.82. The van der Waals surface area contributed by atoms with Crippen molar-refractivity contribution in [1.29, 1.82) is 0 Å². The molecule has 2 amide bonds. The highest BCUT2D eigenvalue weighted by molar-refractivity contribution is 7.91. The lowest BCUT2D eigenvalue weighted by atomic mass is 10.1. The number of aromatic nitrogens is 2. The van der Waals surface area contributed by atoms with Crippen LogP contribution < -0.4 is 10.6 Å². The van der Waals surface area contributed by atoms with Crippen LogP contribution >= 0.6 is 0 Å². The quantitative estimate of drug-likeness (QED) is 0.802. The van der Waals surface area contributed by atoms with Crippen LogP contribution in [-0.2, 0) is 16.4 Å². The van der Waals surface area contributed by atoms with Crippen LogP contribution in [0, 0.1) is 25.7 Å². The molecule has 0 saturated carbocycles. The van der Waals surface area contributed by atoms with Crippen LogP contribution in [0.5, 0.6) is 0 Å². The number of amides is 2. The molecule has 130 valence electrons. The van der Waals surface area contributed by atoms with Gasteiger partial charge in [-0.05, 0) is 38.2 Å². The Labute approximate surface area is 137 Å². The predicted molar refractivity (Wildman–Crippen MR) is 89.0 cm³/mol. The zero-order valence-corrected chi connectivity index (χ0v) is 14.8. The van der Waals surface area contributed by atoms with Gasteiger partial charge in [0.2, 0.25) is 0 Å². The Balaban J connectivity index is 1.67. The number of aryl methyl sites for hydroxylation is 2. The summed E-state index contributed by atoms with van der Waals surface area (Å²) in [5, 5.41) is 10.0. The van der Waals surface area contributed by atoms with Crippen LogP contribution in [0.15, 0.2) is 6.07 Å². The number of rotatable bonds is 6. The molecule has 0 radical (unpaired) electrons. The fraction of sp³-hybridized carbons (Fsp3) is 0.733. The highest BCUT2D eigenvalue weighted by Gasteiger charge is 2.27. The summed E-state index contributed by atoms with van der Waals surface area (Å²) in [6.07, 6.45) is 0.636. The highest BCUT2D eigenvalue weighted by Crippen LogP contribution is 2.17. The molecule has 1 aromatic rings. The van der Waals surface area contributed by atoms with Crippen LogP contribution in [0.2, 0.25) is 0 Å². The Morgan fingerprint density at radius 1 is 1.43 bits per heavy atom. The van der Waals surface area contributed by atoms with E-state index in [1.807, 2.05) is 24.6 Å². The standard InChI is InChI=1S/C15H26N4O3S/c1-11(9-19-13(3)6-12(2)18-19)7-16-15(20)17-8-14-4-5-23(21,22)10-14/h6,11,14H,4-5,7-10H2,1-3H3,(H2,16,17,20)/t11-,14+/m0/s1. The van der Waals surface area contributed by atoms with Gasteiger partial charge >= 0.3 is 6.03 Å². The summed E-state index contributed by atoms with van der Waals surface area (Å²) in [5.41, 5.74) is 2.10. The summed E-state index contributed by atoms with van der Waals surface area (Å²) in [7, 11) is -2.89.